The predicted molar refractivity (Wildman–Crippen MR) is 138 cm³/mol. The lowest BCUT2D eigenvalue weighted by atomic mass is 10.0. The quantitative estimate of drug-likeness (QED) is 0.191. The molecule has 0 atom stereocenters. The van der Waals surface area contributed by atoms with E-state index in [1.54, 1.807) is 0 Å². The first kappa shape index (κ1) is 31.8. The third kappa shape index (κ3) is 20.0. The number of carbonyl (C=O) groups is 2. The predicted octanol–water partition coefficient (Wildman–Crippen LogP) is 3.63. The standard InChI is InChI=1S/C27H45NO8/c1-2-3-4-5-6-7-8-9-24-10-12-25(13-11-24)36-21-20-34-19-18-33-17-16-32-15-14-28-26(29)22-35-23-27(30)31/h10-13H,2-9,14-23H2,1H3,(H,28,29)(H,30,31). The van der Waals surface area contributed by atoms with Crippen molar-refractivity contribution in [3.05, 3.63) is 29.8 Å². The van der Waals surface area contributed by atoms with Gasteiger partial charge in [-0.2, -0.15) is 0 Å². The van der Waals surface area contributed by atoms with Crippen LogP contribution in [0.5, 0.6) is 5.75 Å². The van der Waals surface area contributed by atoms with Gasteiger partial charge in [-0.05, 0) is 30.5 Å². The van der Waals surface area contributed by atoms with E-state index in [0.717, 1.165) is 12.2 Å². The molecular weight excluding hydrogens is 466 g/mol. The highest BCUT2D eigenvalue weighted by molar-refractivity contribution is 5.77. The van der Waals surface area contributed by atoms with Crippen LogP contribution in [0.15, 0.2) is 24.3 Å². The number of carbonyl (C=O) groups excluding carboxylic acids is 1. The molecule has 1 aromatic rings. The number of unbranched alkanes of at least 4 members (excludes halogenated alkanes) is 6. The van der Waals surface area contributed by atoms with Gasteiger partial charge in [-0.3, -0.25) is 4.79 Å². The van der Waals surface area contributed by atoms with Gasteiger partial charge in [0, 0.05) is 6.54 Å². The van der Waals surface area contributed by atoms with Gasteiger partial charge in [-0.1, -0.05) is 57.6 Å². The Morgan fingerprint density at radius 1 is 0.722 bits per heavy atom. The second kappa shape index (κ2) is 23.2. The van der Waals surface area contributed by atoms with Crippen LogP contribution in [0.1, 0.15) is 57.4 Å². The van der Waals surface area contributed by atoms with Crippen molar-refractivity contribution in [2.75, 3.05) is 66.0 Å². The number of aryl methyl sites for hydroxylation is 1. The monoisotopic (exact) mass is 511 g/mol. The molecule has 0 unspecified atom stereocenters. The van der Waals surface area contributed by atoms with E-state index in [9.17, 15) is 9.59 Å². The highest BCUT2D eigenvalue weighted by Gasteiger charge is 2.03. The molecule has 0 aliphatic heterocycles. The Labute approximate surface area is 215 Å². The molecule has 0 radical (unpaired) electrons. The molecule has 0 fully saturated rings. The van der Waals surface area contributed by atoms with Crippen molar-refractivity contribution in [2.45, 2.75) is 58.3 Å². The highest BCUT2D eigenvalue weighted by Crippen LogP contribution is 2.15. The minimum atomic E-state index is -1.11. The summed E-state index contributed by atoms with van der Waals surface area (Å²) in [6.07, 6.45) is 10.4. The molecule has 0 aliphatic rings. The molecule has 0 saturated carbocycles. The lowest BCUT2D eigenvalue weighted by Gasteiger charge is -2.09. The molecule has 9 heteroatoms. The van der Waals surface area contributed by atoms with Crippen LogP contribution in [0.4, 0.5) is 0 Å². The third-order valence-corrected chi connectivity index (χ3v) is 5.26. The van der Waals surface area contributed by atoms with Gasteiger partial charge < -0.3 is 34.1 Å². The summed E-state index contributed by atoms with van der Waals surface area (Å²) in [5.41, 5.74) is 1.36. The molecule has 0 saturated heterocycles. The largest absolute Gasteiger partial charge is 0.491 e. The number of nitrogens with one attached hydrogen (secondary N) is 1. The average Bonchev–Trinajstić information content (AvgIpc) is 2.87. The van der Waals surface area contributed by atoms with Gasteiger partial charge in [-0.25, -0.2) is 4.79 Å². The first-order valence-electron chi connectivity index (χ1n) is 13.1. The molecule has 1 rings (SSSR count). The Balaban J connectivity index is 1.86. The zero-order chi connectivity index (χ0) is 26.1. The van der Waals surface area contributed by atoms with Gasteiger partial charge in [0.2, 0.25) is 5.91 Å². The summed E-state index contributed by atoms with van der Waals surface area (Å²) in [7, 11) is 0. The maximum atomic E-state index is 11.3. The van der Waals surface area contributed by atoms with Gasteiger partial charge >= 0.3 is 5.97 Å². The molecular formula is C27H45NO8. The van der Waals surface area contributed by atoms with E-state index in [0.29, 0.717) is 52.8 Å². The molecule has 0 aromatic heterocycles. The molecule has 9 nitrogen and oxygen atoms in total. The second-order valence-corrected chi connectivity index (χ2v) is 8.44. The number of hydrogen-bond acceptors (Lipinski definition) is 7. The van der Waals surface area contributed by atoms with Crippen molar-refractivity contribution in [3.63, 3.8) is 0 Å². The van der Waals surface area contributed by atoms with Gasteiger partial charge in [0.1, 0.15) is 25.6 Å². The summed E-state index contributed by atoms with van der Waals surface area (Å²) in [5, 5.41) is 11.0. The fourth-order valence-electron chi connectivity index (χ4n) is 3.34. The minimum Gasteiger partial charge on any atom is -0.491 e. The van der Waals surface area contributed by atoms with Crippen molar-refractivity contribution in [1.82, 2.24) is 5.32 Å². The molecule has 0 aliphatic carbocycles. The molecule has 1 aromatic carbocycles. The lowest BCUT2D eigenvalue weighted by Crippen LogP contribution is -2.31. The molecule has 0 bridgehead atoms. The molecule has 206 valence electrons. The van der Waals surface area contributed by atoms with Crippen LogP contribution in [-0.2, 0) is 35.0 Å². The van der Waals surface area contributed by atoms with Crippen LogP contribution >= 0.6 is 0 Å². The summed E-state index contributed by atoms with van der Waals surface area (Å²) in [4.78, 5) is 21.6. The average molecular weight is 512 g/mol. The Kier molecular flexibility index (Phi) is 20.5. The zero-order valence-electron chi connectivity index (χ0n) is 21.8. The van der Waals surface area contributed by atoms with E-state index in [1.165, 1.54) is 50.5 Å². The maximum absolute atomic E-state index is 11.3. The van der Waals surface area contributed by atoms with Gasteiger partial charge in [0.15, 0.2) is 0 Å². The molecule has 2 N–H and O–H groups in total. The number of rotatable bonds is 25. The SMILES string of the molecule is CCCCCCCCCc1ccc(OCCOCCOCCOCCNC(=O)COCC(=O)O)cc1. The normalized spacial score (nSPS) is 10.9. The number of carboxylic acid groups (broad SMARTS) is 1. The van der Waals surface area contributed by atoms with Gasteiger partial charge in [0.25, 0.3) is 0 Å². The van der Waals surface area contributed by atoms with E-state index in [-0.39, 0.29) is 12.5 Å². The van der Waals surface area contributed by atoms with E-state index in [4.69, 9.17) is 24.1 Å². The van der Waals surface area contributed by atoms with E-state index in [1.807, 2.05) is 12.1 Å². The van der Waals surface area contributed by atoms with Crippen molar-refractivity contribution in [1.29, 1.82) is 0 Å². The number of carboxylic acids is 1. The van der Waals surface area contributed by atoms with Crippen LogP contribution < -0.4 is 10.1 Å². The fourth-order valence-corrected chi connectivity index (χ4v) is 3.34. The van der Waals surface area contributed by atoms with E-state index < -0.39 is 12.6 Å². The van der Waals surface area contributed by atoms with Crippen molar-refractivity contribution < 1.29 is 38.4 Å². The van der Waals surface area contributed by atoms with Gasteiger partial charge in [0.05, 0.1) is 39.6 Å². The van der Waals surface area contributed by atoms with Crippen LogP contribution in [0.25, 0.3) is 0 Å². The van der Waals surface area contributed by atoms with Crippen LogP contribution in [0.2, 0.25) is 0 Å². The second-order valence-electron chi connectivity index (χ2n) is 8.44. The Morgan fingerprint density at radius 2 is 1.31 bits per heavy atom. The minimum absolute atomic E-state index is 0.286. The van der Waals surface area contributed by atoms with Crippen LogP contribution in [0, 0.1) is 0 Å². The van der Waals surface area contributed by atoms with E-state index >= 15 is 0 Å². The summed E-state index contributed by atoms with van der Waals surface area (Å²) >= 11 is 0. The summed E-state index contributed by atoms with van der Waals surface area (Å²) in [5.74, 6) is -0.633. The topological polar surface area (TPSA) is 113 Å². The van der Waals surface area contributed by atoms with Crippen molar-refractivity contribution in [2.24, 2.45) is 0 Å². The summed E-state index contributed by atoms with van der Waals surface area (Å²) in [6, 6.07) is 8.35. The Bertz CT molecular complexity index is 668. The Morgan fingerprint density at radius 3 is 1.94 bits per heavy atom. The summed E-state index contributed by atoms with van der Waals surface area (Å²) in [6.45, 7) is 4.90. The first-order chi connectivity index (χ1) is 17.6. The molecule has 0 heterocycles. The Hall–Kier alpha value is -2.20. The number of aliphatic carboxylic acids is 1. The number of benzene rings is 1. The lowest BCUT2D eigenvalue weighted by molar-refractivity contribution is -0.143. The smallest absolute Gasteiger partial charge is 0.329 e. The summed E-state index contributed by atoms with van der Waals surface area (Å²) < 4.78 is 26.7. The van der Waals surface area contributed by atoms with Crippen molar-refractivity contribution in [3.8, 4) is 5.75 Å². The highest BCUT2D eigenvalue weighted by atomic mass is 16.6. The van der Waals surface area contributed by atoms with E-state index in [2.05, 4.69) is 29.1 Å². The number of amides is 1. The maximum Gasteiger partial charge on any atom is 0.329 e. The van der Waals surface area contributed by atoms with Crippen LogP contribution in [0.3, 0.4) is 0 Å². The molecule has 0 spiro atoms. The number of hydrogen-bond donors (Lipinski definition) is 2. The molecule has 1 amide bonds. The van der Waals surface area contributed by atoms with Crippen molar-refractivity contribution >= 4 is 11.9 Å². The first-order valence-corrected chi connectivity index (χ1v) is 13.1. The zero-order valence-corrected chi connectivity index (χ0v) is 21.8. The molecule has 36 heavy (non-hydrogen) atoms. The third-order valence-electron chi connectivity index (χ3n) is 5.26. The van der Waals surface area contributed by atoms with Crippen LogP contribution in [-0.4, -0.2) is 83.0 Å². The number of ether oxygens (including phenoxy) is 5. The fraction of sp³-hybridized carbons (Fsp3) is 0.704. The van der Waals surface area contributed by atoms with Gasteiger partial charge in [-0.15, -0.1) is 0 Å².